The van der Waals surface area contributed by atoms with Gasteiger partial charge >= 0.3 is 5.97 Å². The number of amides is 1. The molecule has 0 aliphatic rings. The molecule has 0 fully saturated rings. The molecule has 0 saturated carbocycles. The summed E-state index contributed by atoms with van der Waals surface area (Å²) >= 11 is 1.98. The molecule has 1 amide bonds. The van der Waals surface area contributed by atoms with Crippen LogP contribution in [0.15, 0.2) is 40.8 Å². The number of ether oxygens (including phenoxy) is 2. The molecule has 1 heterocycles. The minimum absolute atomic E-state index is 0.0300. The van der Waals surface area contributed by atoms with Gasteiger partial charge < -0.3 is 19.2 Å². The van der Waals surface area contributed by atoms with Crippen LogP contribution in [0.2, 0.25) is 0 Å². The van der Waals surface area contributed by atoms with E-state index in [1.54, 1.807) is 12.1 Å². The predicted octanol–water partition coefficient (Wildman–Crippen LogP) is 3.00. The number of furan rings is 1. The van der Waals surface area contributed by atoms with Crippen molar-refractivity contribution in [2.24, 2.45) is 0 Å². The molecule has 26 heavy (non-hydrogen) atoms. The van der Waals surface area contributed by atoms with Crippen molar-refractivity contribution in [1.82, 2.24) is 0 Å². The van der Waals surface area contributed by atoms with Crippen LogP contribution < -0.4 is 10.1 Å². The van der Waals surface area contributed by atoms with Gasteiger partial charge in [-0.15, -0.1) is 0 Å². The highest BCUT2D eigenvalue weighted by molar-refractivity contribution is 14.1. The van der Waals surface area contributed by atoms with Crippen LogP contribution in [0.4, 0.5) is 11.4 Å². The first-order valence-electron chi connectivity index (χ1n) is 7.11. The van der Waals surface area contributed by atoms with Crippen molar-refractivity contribution < 1.29 is 28.4 Å². The van der Waals surface area contributed by atoms with Gasteiger partial charge in [-0.1, -0.05) is 0 Å². The summed E-state index contributed by atoms with van der Waals surface area (Å²) in [5.41, 5.74) is -0.367. The fourth-order valence-electron chi connectivity index (χ4n) is 1.83. The van der Waals surface area contributed by atoms with Crippen LogP contribution >= 0.6 is 22.6 Å². The number of nitrogens with zero attached hydrogens (tertiary/aromatic N) is 1. The fraction of sp³-hybridized carbons (Fsp3) is 0.125. The van der Waals surface area contributed by atoms with E-state index in [1.807, 2.05) is 22.6 Å². The zero-order valence-electron chi connectivity index (χ0n) is 13.4. The SMILES string of the molecule is COc1ccc(NC(=O)COC(=O)/C=C/c2ccc(I)o2)c([N+](=O)[O-])c1. The number of esters is 1. The lowest BCUT2D eigenvalue weighted by molar-refractivity contribution is -0.384. The first-order valence-corrected chi connectivity index (χ1v) is 8.19. The maximum absolute atomic E-state index is 11.8. The van der Waals surface area contributed by atoms with E-state index in [4.69, 9.17) is 13.9 Å². The molecule has 10 heteroatoms. The van der Waals surface area contributed by atoms with Crippen LogP contribution in [0.5, 0.6) is 5.75 Å². The number of carbonyl (C=O) groups is 2. The summed E-state index contributed by atoms with van der Waals surface area (Å²) in [4.78, 5) is 33.8. The highest BCUT2D eigenvalue weighted by Crippen LogP contribution is 2.28. The zero-order chi connectivity index (χ0) is 19.1. The number of methoxy groups -OCH3 is 1. The van der Waals surface area contributed by atoms with Crippen molar-refractivity contribution in [2.45, 2.75) is 0 Å². The summed E-state index contributed by atoms with van der Waals surface area (Å²) in [6, 6.07) is 7.36. The van der Waals surface area contributed by atoms with Crippen LogP contribution in [-0.4, -0.2) is 30.5 Å². The van der Waals surface area contributed by atoms with Crippen molar-refractivity contribution in [3.05, 3.63) is 56.0 Å². The number of nitrogens with one attached hydrogen (secondary N) is 1. The van der Waals surface area contributed by atoms with Crippen molar-refractivity contribution in [1.29, 1.82) is 0 Å². The normalized spacial score (nSPS) is 10.5. The van der Waals surface area contributed by atoms with Crippen LogP contribution in [0.3, 0.4) is 0 Å². The molecule has 1 N–H and O–H groups in total. The smallest absolute Gasteiger partial charge is 0.331 e. The molecule has 1 aromatic carbocycles. The number of hydrogen-bond acceptors (Lipinski definition) is 7. The molecular formula is C16H13IN2O7. The van der Waals surface area contributed by atoms with Gasteiger partial charge in [0.15, 0.2) is 10.4 Å². The molecule has 1 aromatic heterocycles. The van der Waals surface area contributed by atoms with E-state index in [2.05, 4.69) is 5.32 Å². The largest absolute Gasteiger partial charge is 0.496 e. The third kappa shape index (κ3) is 5.58. The molecule has 0 atom stereocenters. The molecule has 0 aliphatic heterocycles. The zero-order valence-corrected chi connectivity index (χ0v) is 15.6. The summed E-state index contributed by atoms with van der Waals surface area (Å²) in [7, 11) is 1.37. The van der Waals surface area contributed by atoms with Crippen molar-refractivity contribution >= 4 is 51.9 Å². The number of nitro benzene ring substituents is 1. The summed E-state index contributed by atoms with van der Waals surface area (Å²) in [6.07, 6.45) is 2.51. The number of anilines is 1. The van der Waals surface area contributed by atoms with Gasteiger partial charge in [-0.05, 0) is 52.9 Å². The predicted molar refractivity (Wildman–Crippen MR) is 99.7 cm³/mol. The minimum Gasteiger partial charge on any atom is -0.496 e. The van der Waals surface area contributed by atoms with E-state index in [1.165, 1.54) is 31.4 Å². The molecular weight excluding hydrogens is 459 g/mol. The number of nitro groups is 1. The van der Waals surface area contributed by atoms with Gasteiger partial charge in [-0.3, -0.25) is 14.9 Å². The van der Waals surface area contributed by atoms with Gasteiger partial charge in [-0.2, -0.15) is 0 Å². The Morgan fingerprint density at radius 2 is 2.12 bits per heavy atom. The first kappa shape index (κ1) is 19.4. The molecule has 0 bridgehead atoms. The number of benzene rings is 1. The Hall–Kier alpha value is -2.89. The quantitative estimate of drug-likeness (QED) is 0.216. The van der Waals surface area contributed by atoms with Gasteiger partial charge in [0.05, 0.1) is 18.1 Å². The van der Waals surface area contributed by atoms with Crippen molar-refractivity contribution in [2.75, 3.05) is 19.0 Å². The third-order valence-corrected chi connectivity index (χ3v) is 3.58. The van der Waals surface area contributed by atoms with E-state index in [-0.39, 0.29) is 17.1 Å². The summed E-state index contributed by atoms with van der Waals surface area (Å²) in [5, 5.41) is 13.4. The second-order valence-corrected chi connectivity index (χ2v) is 5.83. The molecule has 0 aliphatic carbocycles. The van der Waals surface area contributed by atoms with Gasteiger partial charge in [-0.25, -0.2) is 4.79 Å². The minimum atomic E-state index is -0.754. The standard InChI is InChI=1S/C16H13IN2O7/c1-24-11-2-5-12(13(8-11)19(22)23)18-15(20)9-25-16(21)7-4-10-3-6-14(17)26-10/h2-8H,9H2,1H3,(H,18,20)/b7-4+. The number of halogens is 1. The van der Waals surface area contributed by atoms with Gasteiger partial charge in [0.25, 0.3) is 11.6 Å². The highest BCUT2D eigenvalue weighted by atomic mass is 127. The van der Waals surface area contributed by atoms with E-state index in [9.17, 15) is 19.7 Å². The molecule has 0 unspecified atom stereocenters. The molecule has 136 valence electrons. The molecule has 2 aromatic rings. The Bertz CT molecular complexity index is 860. The summed E-state index contributed by atoms with van der Waals surface area (Å²) in [5.74, 6) is -0.730. The molecule has 9 nitrogen and oxygen atoms in total. The number of rotatable bonds is 7. The average Bonchev–Trinajstić information content (AvgIpc) is 3.03. The second-order valence-electron chi connectivity index (χ2n) is 4.77. The number of carbonyl (C=O) groups excluding carboxylic acids is 2. The Morgan fingerprint density at radius 1 is 1.35 bits per heavy atom. The Morgan fingerprint density at radius 3 is 2.73 bits per heavy atom. The maximum Gasteiger partial charge on any atom is 0.331 e. The molecule has 0 saturated heterocycles. The average molecular weight is 472 g/mol. The van der Waals surface area contributed by atoms with Crippen LogP contribution in [0, 0.1) is 13.9 Å². The van der Waals surface area contributed by atoms with Crippen molar-refractivity contribution in [3.63, 3.8) is 0 Å². The van der Waals surface area contributed by atoms with Crippen LogP contribution in [0.1, 0.15) is 5.76 Å². The summed E-state index contributed by atoms with van der Waals surface area (Å²) < 4.78 is 15.6. The molecule has 0 radical (unpaired) electrons. The van der Waals surface area contributed by atoms with Gasteiger partial charge in [0.2, 0.25) is 0 Å². The van der Waals surface area contributed by atoms with E-state index >= 15 is 0 Å². The lowest BCUT2D eigenvalue weighted by Gasteiger charge is -2.07. The van der Waals surface area contributed by atoms with Gasteiger partial charge in [0.1, 0.15) is 17.2 Å². The van der Waals surface area contributed by atoms with Crippen molar-refractivity contribution in [3.8, 4) is 5.75 Å². The lowest BCUT2D eigenvalue weighted by Crippen LogP contribution is -2.20. The molecule has 0 spiro atoms. The third-order valence-electron chi connectivity index (χ3n) is 3.00. The van der Waals surface area contributed by atoms with E-state index in [0.717, 1.165) is 6.08 Å². The Kier molecular flexibility index (Phi) is 6.72. The Balaban J connectivity index is 1.91. The molecule has 2 rings (SSSR count). The monoisotopic (exact) mass is 472 g/mol. The second kappa shape index (κ2) is 8.99. The topological polar surface area (TPSA) is 121 Å². The maximum atomic E-state index is 11.8. The summed E-state index contributed by atoms with van der Waals surface area (Å²) in [6.45, 7) is -0.595. The van der Waals surface area contributed by atoms with E-state index < -0.39 is 23.4 Å². The Labute approximate surface area is 161 Å². The van der Waals surface area contributed by atoms with Gasteiger partial charge in [0, 0.05) is 6.08 Å². The number of hydrogen-bond donors (Lipinski definition) is 1. The highest BCUT2D eigenvalue weighted by Gasteiger charge is 2.17. The first-order chi connectivity index (χ1) is 12.4. The van der Waals surface area contributed by atoms with E-state index in [0.29, 0.717) is 9.53 Å². The lowest BCUT2D eigenvalue weighted by atomic mass is 10.2. The van der Waals surface area contributed by atoms with Crippen LogP contribution in [0.25, 0.3) is 6.08 Å². The fourth-order valence-corrected chi connectivity index (χ4v) is 2.27. The van der Waals surface area contributed by atoms with Crippen LogP contribution in [-0.2, 0) is 14.3 Å².